The summed E-state index contributed by atoms with van der Waals surface area (Å²) in [6.45, 7) is 5.32. The molecule has 9 nitrogen and oxygen atoms in total. The predicted molar refractivity (Wildman–Crippen MR) is 135 cm³/mol. The first kappa shape index (κ1) is 29.0. The molecule has 1 amide bonds. The number of rotatable bonds is 12. The minimum atomic E-state index is -1.46. The molecule has 2 aromatic rings. The van der Waals surface area contributed by atoms with Crippen molar-refractivity contribution in [3.8, 4) is 5.75 Å². The molecule has 206 valence electrons. The number of carbonyl (C=O) groups excluding carboxylic acids is 2. The van der Waals surface area contributed by atoms with Gasteiger partial charge in [0.2, 0.25) is 5.90 Å². The third-order valence-corrected chi connectivity index (χ3v) is 5.51. The van der Waals surface area contributed by atoms with Gasteiger partial charge in [-0.05, 0) is 69.7 Å². The van der Waals surface area contributed by atoms with E-state index in [1.54, 1.807) is 45.0 Å². The Balaban J connectivity index is 1.74. The Kier molecular flexibility index (Phi) is 9.76. The molecule has 0 aliphatic carbocycles. The van der Waals surface area contributed by atoms with E-state index >= 15 is 0 Å². The molecule has 38 heavy (non-hydrogen) atoms. The zero-order valence-corrected chi connectivity index (χ0v) is 21.7. The third kappa shape index (κ3) is 8.22. The van der Waals surface area contributed by atoms with E-state index in [1.165, 1.54) is 0 Å². The van der Waals surface area contributed by atoms with Crippen molar-refractivity contribution in [1.82, 2.24) is 10.9 Å². The number of nitrogens with zero attached hydrogens (tertiary/aromatic N) is 1. The molecule has 1 atom stereocenters. The summed E-state index contributed by atoms with van der Waals surface area (Å²) in [4.78, 5) is 30.2. The van der Waals surface area contributed by atoms with Gasteiger partial charge in [0, 0.05) is 37.1 Å². The summed E-state index contributed by atoms with van der Waals surface area (Å²) in [6.07, 6.45) is 0.406. The van der Waals surface area contributed by atoms with Crippen LogP contribution in [-0.4, -0.2) is 53.8 Å². The van der Waals surface area contributed by atoms with Crippen molar-refractivity contribution in [2.75, 3.05) is 19.8 Å². The number of aliphatic imine (C=N–C) groups is 1. The molecule has 0 saturated heterocycles. The number of hydrazine groups is 1. The normalized spacial score (nSPS) is 16.9. The van der Waals surface area contributed by atoms with Crippen molar-refractivity contribution in [2.45, 2.75) is 57.7 Å². The van der Waals surface area contributed by atoms with Gasteiger partial charge in [0.1, 0.15) is 29.6 Å². The second-order valence-electron chi connectivity index (χ2n) is 9.82. The zero-order valence-electron chi connectivity index (χ0n) is 21.7. The molecule has 11 heteroatoms. The van der Waals surface area contributed by atoms with Crippen molar-refractivity contribution in [3.63, 3.8) is 0 Å². The lowest BCUT2D eigenvalue weighted by atomic mass is 9.94. The van der Waals surface area contributed by atoms with E-state index in [9.17, 15) is 18.4 Å². The molecular formula is C27H33F2N3O6. The summed E-state index contributed by atoms with van der Waals surface area (Å²) in [7, 11) is 0. The van der Waals surface area contributed by atoms with Crippen molar-refractivity contribution in [1.29, 1.82) is 0 Å². The number of benzene rings is 2. The quantitative estimate of drug-likeness (QED) is 0.218. The minimum Gasteiger partial charge on any atom is -0.494 e. The molecule has 0 unspecified atom stereocenters. The fourth-order valence-electron chi connectivity index (χ4n) is 3.62. The maximum absolute atomic E-state index is 13.9. The highest BCUT2D eigenvalue weighted by Gasteiger charge is 2.45. The highest BCUT2D eigenvalue weighted by molar-refractivity contribution is 6.00. The van der Waals surface area contributed by atoms with E-state index in [0.29, 0.717) is 24.3 Å². The Morgan fingerprint density at radius 2 is 1.89 bits per heavy atom. The monoisotopic (exact) mass is 533 g/mol. The van der Waals surface area contributed by atoms with Crippen LogP contribution in [0.15, 0.2) is 47.5 Å². The van der Waals surface area contributed by atoms with Gasteiger partial charge in [0.15, 0.2) is 5.54 Å². The average molecular weight is 534 g/mol. The largest absolute Gasteiger partial charge is 0.494 e. The number of halogens is 2. The molecule has 0 fully saturated rings. The number of ether oxygens (including phenoxy) is 3. The Morgan fingerprint density at radius 3 is 2.58 bits per heavy atom. The van der Waals surface area contributed by atoms with Gasteiger partial charge in [-0.1, -0.05) is 0 Å². The number of amides is 1. The summed E-state index contributed by atoms with van der Waals surface area (Å²) >= 11 is 0. The Bertz CT molecular complexity index is 1150. The second-order valence-corrected chi connectivity index (χ2v) is 9.82. The summed E-state index contributed by atoms with van der Waals surface area (Å²) in [6, 6.07) is 9.91. The number of hydrogen-bond donors (Lipinski definition) is 3. The number of nitrogens with one attached hydrogen (secondary N) is 2. The molecule has 0 radical (unpaired) electrons. The molecule has 1 heterocycles. The van der Waals surface area contributed by atoms with Crippen molar-refractivity contribution >= 4 is 17.8 Å². The third-order valence-electron chi connectivity index (χ3n) is 5.51. The topological polar surface area (TPSA) is 118 Å². The first-order valence-corrected chi connectivity index (χ1v) is 12.3. The first-order chi connectivity index (χ1) is 18.0. The van der Waals surface area contributed by atoms with E-state index < -0.39 is 34.7 Å². The second kappa shape index (κ2) is 12.8. The van der Waals surface area contributed by atoms with Crippen LogP contribution >= 0.6 is 0 Å². The van der Waals surface area contributed by atoms with E-state index in [1.807, 2.05) is 0 Å². The van der Waals surface area contributed by atoms with Crippen LogP contribution in [0.5, 0.6) is 5.75 Å². The summed E-state index contributed by atoms with van der Waals surface area (Å²) in [5, 5.41) is 8.88. The molecule has 3 rings (SSSR count). The van der Waals surface area contributed by atoms with Gasteiger partial charge in [0.05, 0.1) is 6.61 Å². The van der Waals surface area contributed by atoms with Gasteiger partial charge < -0.3 is 19.3 Å². The lowest BCUT2D eigenvalue weighted by Gasteiger charge is -2.24. The SMILES string of the molecule is CC(C)(C)OC(=O)CC[C@@]1(C(=O)NNCc2cc(F)ccc2F)COC(c2ccc(OCCCO)cc2)=N1. The smallest absolute Gasteiger partial charge is 0.306 e. The van der Waals surface area contributed by atoms with Gasteiger partial charge in [-0.3, -0.25) is 15.0 Å². The maximum atomic E-state index is 13.9. The standard InChI is InChI=1S/C27H33F2N3O6/c1-26(2,3)38-23(34)11-12-27(25(35)32-30-16-19-15-20(28)7-10-22(19)29)17-37-24(31-27)18-5-8-21(9-6-18)36-14-4-13-33/h5-10,15,30,33H,4,11-14,16-17H2,1-3H3,(H,32,35)/t27-/m0/s1. The molecule has 0 spiro atoms. The van der Waals surface area contributed by atoms with Gasteiger partial charge in [-0.2, -0.15) is 0 Å². The van der Waals surface area contributed by atoms with Crippen LogP contribution in [0.3, 0.4) is 0 Å². The Labute approximate surface area is 220 Å². The average Bonchev–Trinajstić information content (AvgIpc) is 3.30. The predicted octanol–water partition coefficient (Wildman–Crippen LogP) is 3.18. The molecule has 1 aliphatic rings. The summed E-state index contributed by atoms with van der Waals surface area (Å²) < 4.78 is 44.1. The van der Waals surface area contributed by atoms with Crippen molar-refractivity contribution in [2.24, 2.45) is 4.99 Å². The minimum absolute atomic E-state index is 0.00436. The number of esters is 1. The van der Waals surface area contributed by atoms with E-state index in [-0.39, 0.29) is 44.1 Å². The van der Waals surface area contributed by atoms with Crippen LogP contribution in [0.4, 0.5) is 8.78 Å². The first-order valence-electron chi connectivity index (χ1n) is 12.3. The molecular weight excluding hydrogens is 500 g/mol. The zero-order chi connectivity index (χ0) is 27.8. The fraction of sp³-hybridized carbons (Fsp3) is 0.444. The van der Waals surface area contributed by atoms with E-state index in [4.69, 9.17) is 19.3 Å². The number of aliphatic hydroxyl groups excluding tert-OH is 1. The number of carbonyl (C=O) groups is 2. The Morgan fingerprint density at radius 1 is 1.16 bits per heavy atom. The summed E-state index contributed by atoms with van der Waals surface area (Å²) in [5.74, 6) is -1.51. The lowest BCUT2D eigenvalue weighted by Crippen LogP contribution is -2.51. The van der Waals surface area contributed by atoms with Crippen LogP contribution in [0.25, 0.3) is 0 Å². The Hall–Kier alpha value is -3.57. The van der Waals surface area contributed by atoms with E-state index in [0.717, 1.165) is 18.2 Å². The van der Waals surface area contributed by atoms with Crippen LogP contribution < -0.4 is 15.6 Å². The van der Waals surface area contributed by atoms with Crippen LogP contribution in [-0.2, 0) is 25.6 Å². The molecule has 0 aromatic heterocycles. The fourth-order valence-corrected chi connectivity index (χ4v) is 3.62. The van der Waals surface area contributed by atoms with Crippen LogP contribution in [0.1, 0.15) is 51.2 Å². The van der Waals surface area contributed by atoms with E-state index in [2.05, 4.69) is 15.8 Å². The van der Waals surface area contributed by atoms with Gasteiger partial charge >= 0.3 is 5.97 Å². The number of aliphatic hydroxyl groups is 1. The highest BCUT2D eigenvalue weighted by Crippen LogP contribution is 2.28. The molecule has 3 N–H and O–H groups in total. The highest BCUT2D eigenvalue weighted by atomic mass is 19.1. The lowest BCUT2D eigenvalue weighted by molar-refractivity contribution is -0.155. The van der Waals surface area contributed by atoms with Crippen LogP contribution in [0, 0.1) is 11.6 Å². The summed E-state index contributed by atoms with van der Waals surface area (Å²) in [5.41, 5.74) is 3.56. The molecule has 0 bridgehead atoms. The number of hydrogen-bond acceptors (Lipinski definition) is 8. The van der Waals surface area contributed by atoms with Crippen molar-refractivity contribution < 1.29 is 37.7 Å². The van der Waals surface area contributed by atoms with Gasteiger partial charge in [-0.25, -0.2) is 19.2 Å². The molecule has 0 saturated carbocycles. The molecule has 1 aliphatic heterocycles. The maximum Gasteiger partial charge on any atom is 0.306 e. The van der Waals surface area contributed by atoms with Crippen LogP contribution in [0.2, 0.25) is 0 Å². The van der Waals surface area contributed by atoms with Gasteiger partial charge in [-0.15, -0.1) is 0 Å². The van der Waals surface area contributed by atoms with Gasteiger partial charge in [0.25, 0.3) is 5.91 Å². The van der Waals surface area contributed by atoms with Crippen molar-refractivity contribution in [3.05, 3.63) is 65.2 Å². The molecule has 2 aromatic carbocycles.